The van der Waals surface area contributed by atoms with E-state index in [4.69, 9.17) is 4.74 Å². The van der Waals surface area contributed by atoms with Crippen molar-refractivity contribution in [3.8, 4) is 0 Å². The molecule has 0 spiro atoms. The zero-order chi connectivity index (χ0) is 18.4. The molecule has 1 fully saturated rings. The average molecular weight is 359 g/mol. The number of aromatic nitrogens is 1. The third-order valence-corrected chi connectivity index (χ3v) is 4.49. The van der Waals surface area contributed by atoms with E-state index in [1.165, 1.54) is 13.0 Å². The number of pyridine rings is 1. The average Bonchev–Trinajstić information content (AvgIpc) is 2.58. The molecule has 0 saturated carbocycles. The number of likely N-dealkylation sites (tertiary alicyclic amines) is 1. The number of rotatable bonds is 6. The van der Waals surface area contributed by atoms with E-state index in [1.54, 1.807) is 7.11 Å². The molecule has 1 saturated heterocycles. The number of alkyl halides is 3. The SMILES string of the molecule is COCCN1CCC(CNC(=O)c2ccc(C(F)(F)F)nc2C)CC1. The third kappa shape index (κ3) is 5.67. The highest BCUT2D eigenvalue weighted by Gasteiger charge is 2.33. The van der Waals surface area contributed by atoms with Crippen LogP contribution in [0.15, 0.2) is 12.1 Å². The van der Waals surface area contributed by atoms with Crippen molar-refractivity contribution in [2.24, 2.45) is 5.92 Å². The molecule has 0 atom stereocenters. The third-order valence-electron chi connectivity index (χ3n) is 4.49. The standard InChI is InChI=1S/C17H24F3N3O2/c1-12-14(3-4-15(22-12)17(18,19)20)16(24)21-11-13-5-7-23(8-6-13)9-10-25-2/h3-4,13H,5-11H2,1-2H3,(H,21,24). The molecule has 0 radical (unpaired) electrons. The van der Waals surface area contributed by atoms with Gasteiger partial charge < -0.3 is 15.0 Å². The highest BCUT2D eigenvalue weighted by molar-refractivity contribution is 5.95. The van der Waals surface area contributed by atoms with Crippen LogP contribution in [-0.2, 0) is 10.9 Å². The molecular weight excluding hydrogens is 335 g/mol. The van der Waals surface area contributed by atoms with Crippen molar-refractivity contribution in [3.63, 3.8) is 0 Å². The van der Waals surface area contributed by atoms with Gasteiger partial charge in [0.05, 0.1) is 17.9 Å². The highest BCUT2D eigenvalue weighted by atomic mass is 19.4. The van der Waals surface area contributed by atoms with E-state index < -0.39 is 11.9 Å². The monoisotopic (exact) mass is 359 g/mol. The Morgan fingerprint density at radius 3 is 2.60 bits per heavy atom. The second-order valence-electron chi connectivity index (χ2n) is 6.32. The molecule has 8 heteroatoms. The second kappa shape index (κ2) is 8.62. The Morgan fingerprint density at radius 1 is 1.36 bits per heavy atom. The van der Waals surface area contributed by atoms with Gasteiger partial charge in [-0.05, 0) is 50.9 Å². The number of carbonyl (C=O) groups excluding carboxylic acids is 1. The van der Waals surface area contributed by atoms with Crippen LogP contribution in [0.3, 0.4) is 0 Å². The minimum absolute atomic E-state index is 0.0849. The van der Waals surface area contributed by atoms with Gasteiger partial charge in [-0.15, -0.1) is 0 Å². The predicted octanol–water partition coefficient (Wildman–Crippen LogP) is 2.50. The number of nitrogens with one attached hydrogen (secondary N) is 1. The summed E-state index contributed by atoms with van der Waals surface area (Å²) < 4.78 is 42.9. The Hall–Kier alpha value is -1.67. The number of hydrogen-bond donors (Lipinski definition) is 1. The summed E-state index contributed by atoms with van der Waals surface area (Å²) in [6.45, 7) is 5.49. The molecule has 2 rings (SSSR count). The maximum absolute atomic E-state index is 12.6. The van der Waals surface area contributed by atoms with E-state index in [2.05, 4.69) is 15.2 Å². The molecule has 140 valence electrons. The predicted molar refractivity (Wildman–Crippen MR) is 87.3 cm³/mol. The van der Waals surface area contributed by atoms with E-state index in [-0.39, 0.29) is 17.2 Å². The molecule has 1 aromatic rings. The topological polar surface area (TPSA) is 54.5 Å². The summed E-state index contributed by atoms with van der Waals surface area (Å²) in [5, 5.41) is 2.82. The number of hydrogen-bond acceptors (Lipinski definition) is 4. The molecule has 0 aromatic carbocycles. The van der Waals surface area contributed by atoms with Gasteiger partial charge in [0.2, 0.25) is 0 Å². The molecule has 0 bridgehead atoms. The first kappa shape index (κ1) is 19.7. The minimum atomic E-state index is -4.50. The lowest BCUT2D eigenvalue weighted by molar-refractivity contribution is -0.141. The van der Waals surface area contributed by atoms with Crippen LogP contribution in [-0.4, -0.2) is 55.7 Å². The Bertz CT molecular complexity index is 585. The van der Waals surface area contributed by atoms with E-state index in [0.29, 0.717) is 19.1 Å². The van der Waals surface area contributed by atoms with Crippen molar-refractivity contribution in [1.29, 1.82) is 0 Å². The van der Waals surface area contributed by atoms with Crippen molar-refractivity contribution < 1.29 is 22.7 Å². The molecular formula is C17H24F3N3O2. The Morgan fingerprint density at radius 2 is 2.04 bits per heavy atom. The van der Waals surface area contributed by atoms with Gasteiger partial charge in [-0.2, -0.15) is 13.2 Å². The Labute approximate surface area is 145 Å². The van der Waals surface area contributed by atoms with Crippen molar-refractivity contribution in [1.82, 2.24) is 15.2 Å². The zero-order valence-electron chi connectivity index (χ0n) is 14.5. The van der Waals surface area contributed by atoms with Crippen LogP contribution in [0.2, 0.25) is 0 Å². The van der Waals surface area contributed by atoms with Gasteiger partial charge in [0.25, 0.3) is 5.91 Å². The van der Waals surface area contributed by atoms with Crippen molar-refractivity contribution in [2.45, 2.75) is 25.9 Å². The molecule has 25 heavy (non-hydrogen) atoms. The van der Waals surface area contributed by atoms with Crippen LogP contribution in [0.25, 0.3) is 0 Å². The number of methoxy groups -OCH3 is 1. The first-order chi connectivity index (χ1) is 11.8. The van der Waals surface area contributed by atoms with E-state index in [0.717, 1.165) is 38.5 Å². The fraction of sp³-hybridized carbons (Fsp3) is 0.647. The normalized spacial score (nSPS) is 16.8. The smallest absolute Gasteiger partial charge is 0.383 e. The quantitative estimate of drug-likeness (QED) is 0.848. The van der Waals surface area contributed by atoms with Crippen LogP contribution in [0.4, 0.5) is 13.2 Å². The van der Waals surface area contributed by atoms with Crippen molar-refractivity contribution in [3.05, 3.63) is 29.1 Å². The highest BCUT2D eigenvalue weighted by Crippen LogP contribution is 2.28. The van der Waals surface area contributed by atoms with E-state index in [1.807, 2.05) is 0 Å². The number of nitrogens with zero attached hydrogens (tertiary/aromatic N) is 2. The summed E-state index contributed by atoms with van der Waals surface area (Å²) in [5.74, 6) is 0.00555. The minimum Gasteiger partial charge on any atom is -0.383 e. The van der Waals surface area contributed by atoms with Crippen LogP contribution in [0.5, 0.6) is 0 Å². The van der Waals surface area contributed by atoms with Gasteiger partial charge in [-0.1, -0.05) is 0 Å². The number of aryl methyl sites for hydroxylation is 1. The maximum atomic E-state index is 12.6. The van der Waals surface area contributed by atoms with Crippen LogP contribution < -0.4 is 5.32 Å². The van der Waals surface area contributed by atoms with Gasteiger partial charge in [-0.3, -0.25) is 4.79 Å². The van der Waals surface area contributed by atoms with Crippen molar-refractivity contribution >= 4 is 5.91 Å². The molecule has 1 amide bonds. The Kier molecular flexibility index (Phi) is 6.78. The summed E-state index contributed by atoms with van der Waals surface area (Å²) in [4.78, 5) is 18.0. The van der Waals surface area contributed by atoms with Crippen LogP contribution in [0.1, 0.15) is 34.6 Å². The summed E-state index contributed by atoms with van der Waals surface area (Å²) in [7, 11) is 1.68. The van der Waals surface area contributed by atoms with Crippen molar-refractivity contribution in [2.75, 3.05) is 39.9 Å². The van der Waals surface area contributed by atoms with Gasteiger partial charge in [0.1, 0.15) is 5.69 Å². The Balaban J connectivity index is 1.83. The molecule has 1 N–H and O–H groups in total. The number of ether oxygens (including phenoxy) is 1. The number of halogens is 3. The molecule has 5 nitrogen and oxygen atoms in total. The maximum Gasteiger partial charge on any atom is 0.433 e. The van der Waals surface area contributed by atoms with Gasteiger partial charge >= 0.3 is 6.18 Å². The molecule has 2 heterocycles. The summed E-state index contributed by atoms with van der Waals surface area (Å²) in [5.41, 5.74) is -0.711. The first-order valence-corrected chi connectivity index (χ1v) is 8.35. The number of amides is 1. The second-order valence-corrected chi connectivity index (χ2v) is 6.32. The molecule has 1 aromatic heterocycles. The molecule has 1 aliphatic heterocycles. The summed E-state index contributed by atoms with van der Waals surface area (Å²) >= 11 is 0. The lowest BCUT2D eigenvalue weighted by atomic mass is 9.96. The van der Waals surface area contributed by atoms with E-state index in [9.17, 15) is 18.0 Å². The summed E-state index contributed by atoms with van der Waals surface area (Å²) in [6, 6.07) is 2.03. The lowest BCUT2D eigenvalue weighted by Crippen LogP contribution is -2.40. The largest absolute Gasteiger partial charge is 0.433 e. The van der Waals surface area contributed by atoms with Gasteiger partial charge in [0.15, 0.2) is 0 Å². The lowest BCUT2D eigenvalue weighted by Gasteiger charge is -2.31. The van der Waals surface area contributed by atoms with Crippen LogP contribution in [0, 0.1) is 12.8 Å². The van der Waals surface area contributed by atoms with Gasteiger partial charge in [-0.25, -0.2) is 4.98 Å². The first-order valence-electron chi connectivity index (χ1n) is 8.35. The molecule has 1 aliphatic rings. The van der Waals surface area contributed by atoms with Crippen LogP contribution >= 0.6 is 0 Å². The molecule has 0 unspecified atom stereocenters. The zero-order valence-corrected chi connectivity index (χ0v) is 14.5. The fourth-order valence-electron chi connectivity index (χ4n) is 2.93. The number of carbonyl (C=O) groups is 1. The van der Waals surface area contributed by atoms with E-state index >= 15 is 0 Å². The number of piperidine rings is 1. The van der Waals surface area contributed by atoms with Gasteiger partial charge in [0, 0.05) is 20.2 Å². The molecule has 0 aliphatic carbocycles. The fourth-order valence-corrected chi connectivity index (χ4v) is 2.93. The summed E-state index contributed by atoms with van der Waals surface area (Å²) in [6.07, 6.45) is -2.54.